The molecule has 0 aromatic heterocycles. The maximum absolute atomic E-state index is 11.7. The summed E-state index contributed by atoms with van der Waals surface area (Å²) in [4.78, 5) is 25.4. The number of hydrogen-bond acceptors (Lipinski definition) is 4. The van der Waals surface area contributed by atoms with E-state index in [1.165, 1.54) is 16.7 Å². The molecular formula is C14H21NO4S. The predicted octanol–water partition coefficient (Wildman–Crippen LogP) is 1.96. The summed E-state index contributed by atoms with van der Waals surface area (Å²) in [5.74, 6) is -1.09. The van der Waals surface area contributed by atoms with Gasteiger partial charge in [-0.1, -0.05) is 26.2 Å². The van der Waals surface area contributed by atoms with Crippen molar-refractivity contribution in [3.05, 3.63) is 10.5 Å². The number of carboxylic acids is 1. The first-order valence-corrected chi connectivity index (χ1v) is 8.01. The van der Waals surface area contributed by atoms with Crippen LogP contribution >= 0.6 is 11.8 Å². The summed E-state index contributed by atoms with van der Waals surface area (Å²) < 4.78 is 0. The summed E-state index contributed by atoms with van der Waals surface area (Å²) in [7, 11) is 0. The SMILES string of the molecule is CCCCCCC1=C(CO)S[C@@H]2CC(=O)N2C1C(=O)O. The number of fused-ring (bicyclic) bond motifs is 1. The summed E-state index contributed by atoms with van der Waals surface area (Å²) in [5.41, 5.74) is 0.727. The first-order chi connectivity index (χ1) is 9.60. The van der Waals surface area contributed by atoms with Crippen molar-refractivity contribution in [3.8, 4) is 0 Å². The average Bonchev–Trinajstić information content (AvgIpc) is 2.42. The van der Waals surface area contributed by atoms with Crippen LogP contribution in [0.15, 0.2) is 10.5 Å². The molecule has 112 valence electrons. The molecule has 2 aliphatic rings. The molecule has 0 aromatic carbocycles. The third-order valence-corrected chi connectivity index (χ3v) is 5.21. The monoisotopic (exact) mass is 299 g/mol. The molecule has 1 fully saturated rings. The summed E-state index contributed by atoms with van der Waals surface area (Å²) in [6, 6.07) is -0.869. The second kappa shape index (κ2) is 6.63. The second-order valence-electron chi connectivity index (χ2n) is 5.24. The fraction of sp³-hybridized carbons (Fsp3) is 0.714. The molecule has 2 rings (SSSR count). The second-order valence-corrected chi connectivity index (χ2v) is 6.51. The number of β-lactam (4-membered cyclic amide) rings is 1. The number of hydrogen-bond donors (Lipinski definition) is 2. The van der Waals surface area contributed by atoms with Crippen molar-refractivity contribution in [1.82, 2.24) is 4.90 Å². The zero-order valence-electron chi connectivity index (χ0n) is 11.7. The maximum atomic E-state index is 11.7. The van der Waals surface area contributed by atoms with Crippen LogP contribution in [0.3, 0.4) is 0 Å². The lowest BCUT2D eigenvalue weighted by molar-refractivity contribution is -0.156. The van der Waals surface area contributed by atoms with E-state index in [0.29, 0.717) is 12.8 Å². The molecule has 6 heteroatoms. The standard InChI is InChI=1S/C14H21NO4S/c1-2-3-4-5-6-9-10(8-16)20-12-7-11(17)15(12)13(9)14(18)19/h12-13,16H,2-8H2,1H3,(H,18,19)/t12-,13?/m1/s1. The van der Waals surface area contributed by atoms with E-state index in [-0.39, 0.29) is 17.9 Å². The number of aliphatic carboxylic acids is 1. The third-order valence-electron chi connectivity index (χ3n) is 3.87. The topological polar surface area (TPSA) is 77.8 Å². The normalized spacial score (nSPS) is 25.5. The van der Waals surface area contributed by atoms with Gasteiger partial charge in [0, 0.05) is 4.91 Å². The zero-order valence-corrected chi connectivity index (χ0v) is 12.5. The van der Waals surface area contributed by atoms with Crippen LogP contribution in [0.1, 0.15) is 45.4 Å². The van der Waals surface area contributed by atoms with Crippen LogP contribution in [0.5, 0.6) is 0 Å². The van der Waals surface area contributed by atoms with Crippen LogP contribution in [0, 0.1) is 0 Å². The van der Waals surface area contributed by atoms with Gasteiger partial charge in [0.05, 0.1) is 18.4 Å². The van der Waals surface area contributed by atoms with Gasteiger partial charge in [0.1, 0.15) is 0 Å². The Bertz CT molecular complexity index is 435. The summed E-state index contributed by atoms with van der Waals surface area (Å²) in [5, 5.41) is 18.8. The number of aliphatic hydroxyl groups is 1. The molecule has 2 N–H and O–H groups in total. The van der Waals surface area contributed by atoms with Gasteiger partial charge >= 0.3 is 5.97 Å². The largest absolute Gasteiger partial charge is 0.479 e. The van der Waals surface area contributed by atoms with Crippen molar-refractivity contribution in [2.24, 2.45) is 0 Å². The number of aliphatic hydroxyl groups excluding tert-OH is 1. The zero-order chi connectivity index (χ0) is 14.7. The van der Waals surface area contributed by atoms with Crippen molar-refractivity contribution < 1.29 is 19.8 Å². The van der Waals surface area contributed by atoms with Gasteiger partial charge in [0.2, 0.25) is 5.91 Å². The molecule has 0 aliphatic carbocycles. The lowest BCUT2D eigenvalue weighted by Crippen LogP contribution is -2.61. The van der Waals surface area contributed by atoms with Gasteiger partial charge in [-0.3, -0.25) is 4.79 Å². The van der Waals surface area contributed by atoms with E-state index in [4.69, 9.17) is 0 Å². The summed E-state index contributed by atoms with van der Waals surface area (Å²) in [6.45, 7) is 1.99. The molecule has 2 heterocycles. The fourth-order valence-electron chi connectivity index (χ4n) is 2.80. The first kappa shape index (κ1) is 15.4. The summed E-state index contributed by atoms with van der Waals surface area (Å²) in [6.07, 6.45) is 5.22. The Labute approximate surface area is 123 Å². The van der Waals surface area contributed by atoms with Crippen molar-refractivity contribution in [1.29, 1.82) is 0 Å². The number of carboxylic acid groups (broad SMARTS) is 1. The van der Waals surface area contributed by atoms with Gasteiger partial charge in [-0.05, 0) is 18.4 Å². The highest BCUT2D eigenvalue weighted by Crippen LogP contribution is 2.45. The van der Waals surface area contributed by atoms with Gasteiger partial charge in [-0.2, -0.15) is 0 Å². The minimum Gasteiger partial charge on any atom is -0.479 e. The molecule has 0 bridgehead atoms. The van der Waals surface area contributed by atoms with Crippen LogP contribution in [0.2, 0.25) is 0 Å². The lowest BCUT2D eigenvalue weighted by Gasteiger charge is -2.48. The van der Waals surface area contributed by atoms with E-state index in [1.54, 1.807) is 0 Å². The van der Waals surface area contributed by atoms with E-state index in [0.717, 1.165) is 36.2 Å². The number of carbonyl (C=O) groups is 2. The van der Waals surface area contributed by atoms with Gasteiger partial charge in [0.25, 0.3) is 0 Å². The molecular weight excluding hydrogens is 278 g/mol. The van der Waals surface area contributed by atoms with Gasteiger partial charge in [0.15, 0.2) is 6.04 Å². The van der Waals surface area contributed by atoms with Crippen molar-refractivity contribution >= 4 is 23.6 Å². The molecule has 1 amide bonds. The van der Waals surface area contributed by atoms with Crippen LogP contribution in [-0.2, 0) is 9.59 Å². The molecule has 2 atom stereocenters. The number of carbonyl (C=O) groups excluding carboxylic acids is 1. The number of rotatable bonds is 7. The Balaban J connectivity index is 2.16. The number of unbranched alkanes of at least 4 members (excludes halogenated alkanes) is 3. The highest BCUT2D eigenvalue weighted by Gasteiger charge is 2.49. The molecule has 0 spiro atoms. The van der Waals surface area contributed by atoms with Crippen LogP contribution < -0.4 is 0 Å². The van der Waals surface area contributed by atoms with Crippen LogP contribution in [0.4, 0.5) is 0 Å². The van der Waals surface area contributed by atoms with E-state index in [2.05, 4.69) is 6.92 Å². The van der Waals surface area contributed by atoms with Gasteiger partial charge in [-0.15, -0.1) is 11.8 Å². The number of nitrogens with zero attached hydrogens (tertiary/aromatic N) is 1. The van der Waals surface area contributed by atoms with Gasteiger partial charge < -0.3 is 15.1 Å². The van der Waals surface area contributed by atoms with Crippen molar-refractivity contribution in [2.75, 3.05) is 6.61 Å². The molecule has 1 saturated heterocycles. The molecule has 0 saturated carbocycles. The Morgan fingerprint density at radius 1 is 1.40 bits per heavy atom. The Kier molecular flexibility index (Phi) is 5.10. The minimum absolute atomic E-state index is 0.0991. The first-order valence-electron chi connectivity index (χ1n) is 7.13. The van der Waals surface area contributed by atoms with Crippen molar-refractivity contribution in [2.45, 2.75) is 56.9 Å². The molecule has 0 aromatic rings. The molecule has 2 aliphatic heterocycles. The van der Waals surface area contributed by atoms with Crippen molar-refractivity contribution in [3.63, 3.8) is 0 Å². The predicted molar refractivity (Wildman–Crippen MR) is 77.1 cm³/mol. The highest BCUT2D eigenvalue weighted by molar-refractivity contribution is 8.03. The lowest BCUT2D eigenvalue weighted by atomic mass is 9.95. The Hall–Kier alpha value is -1.01. The number of thioether (sulfide) groups is 1. The van der Waals surface area contributed by atoms with Crippen LogP contribution in [0.25, 0.3) is 0 Å². The summed E-state index contributed by atoms with van der Waals surface area (Å²) >= 11 is 1.45. The smallest absolute Gasteiger partial charge is 0.330 e. The van der Waals surface area contributed by atoms with E-state index in [1.807, 2.05) is 0 Å². The molecule has 20 heavy (non-hydrogen) atoms. The molecule has 1 unspecified atom stereocenters. The number of amides is 1. The van der Waals surface area contributed by atoms with E-state index < -0.39 is 12.0 Å². The van der Waals surface area contributed by atoms with E-state index in [9.17, 15) is 19.8 Å². The quantitative estimate of drug-likeness (QED) is 0.555. The van der Waals surface area contributed by atoms with E-state index >= 15 is 0 Å². The van der Waals surface area contributed by atoms with Gasteiger partial charge in [-0.25, -0.2) is 4.79 Å². The maximum Gasteiger partial charge on any atom is 0.330 e. The molecule has 0 radical (unpaired) electrons. The Morgan fingerprint density at radius 3 is 2.70 bits per heavy atom. The Morgan fingerprint density at radius 2 is 2.15 bits per heavy atom. The fourth-order valence-corrected chi connectivity index (χ4v) is 4.14. The third kappa shape index (κ3) is 2.86. The van der Waals surface area contributed by atoms with Crippen LogP contribution in [-0.4, -0.2) is 45.0 Å². The average molecular weight is 299 g/mol. The molecule has 5 nitrogen and oxygen atoms in total. The highest BCUT2D eigenvalue weighted by atomic mass is 32.2. The minimum atomic E-state index is -0.986.